The van der Waals surface area contributed by atoms with Crippen LogP contribution in [0.5, 0.6) is 0 Å². The van der Waals surface area contributed by atoms with E-state index >= 15 is 0 Å². The zero-order valence-corrected chi connectivity index (χ0v) is 13.8. The van der Waals surface area contributed by atoms with Crippen LogP contribution in [0.3, 0.4) is 0 Å². The number of hydrogen-bond acceptors (Lipinski definition) is 1. The summed E-state index contributed by atoms with van der Waals surface area (Å²) in [4.78, 5) is 0. The molecule has 0 heterocycles. The first-order valence-corrected chi connectivity index (χ1v) is 7.15. The van der Waals surface area contributed by atoms with Crippen molar-refractivity contribution in [2.45, 2.75) is 48.8 Å². The second-order valence-electron chi connectivity index (χ2n) is 5.89. The third-order valence-corrected chi connectivity index (χ3v) is 3.85. The van der Waals surface area contributed by atoms with Crippen molar-refractivity contribution in [1.29, 1.82) is 0 Å². The van der Waals surface area contributed by atoms with Crippen LogP contribution in [0.4, 0.5) is 48.3 Å². The van der Waals surface area contributed by atoms with Crippen LogP contribution in [0.2, 0.25) is 5.02 Å². The van der Waals surface area contributed by atoms with Gasteiger partial charge in [-0.2, -0.15) is 48.3 Å². The summed E-state index contributed by atoms with van der Waals surface area (Å²) in [7, 11) is 0. The van der Waals surface area contributed by atoms with Crippen molar-refractivity contribution in [3.05, 3.63) is 34.9 Å². The highest BCUT2D eigenvalue weighted by Gasteiger charge is 2.87. The van der Waals surface area contributed by atoms with E-state index in [1.54, 1.807) is 0 Å². The van der Waals surface area contributed by atoms with Crippen molar-refractivity contribution in [3.8, 4) is 0 Å². The third kappa shape index (κ3) is 3.96. The predicted octanol–water partition coefficient (Wildman–Crippen LogP) is 6.04. The van der Waals surface area contributed by atoms with Crippen molar-refractivity contribution >= 4 is 11.6 Å². The summed E-state index contributed by atoms with van der Waals surface area (Å²) in [5.41, 5.74) is -3.61. The highest BCUT2D eigenvalue weighted by Crippen LogP contribution is 2.59. The van der Waals surface area contributed by atoms with Gasteiger partial charge in [0.05, 0.1) is 12.0 Å². The van der Waals surface area contributed by atoms with Crippen molar-refractivity contribution in [2.75, 3.05) is 0 Å². The van der Waals surface area contributed by atoms with Gasteiger partial charge in [0, 0.05) is 5.02 Å². The Morgan fingerprint density at radius 1 is 0.815 bits per heavy atom. The number of benzene rings is 1. The van der Waals surface area contributed by atoms with Gasteiger partial charge in [0.15, 0.2) is 0 Å². The second-order valence-corrected chi connectivity index (χ2v) is 6.32. The molecule has 0 aliphatic heterocycles. The number of aliphatic hydroxyl groups is 1. The lowest BCUT2D eigenvalue weighted by molar-refractivity contribution is -0.424. The molecule has 27 heavy (non-hydrogen) atoms. The Labute approximate surface area is 149 Å². The quantitative estimate of drug-likeness (QED) is 0.537. The first-order chi connectivity index (χ1) is 11.7. The number of rotatable bonds is 6. The Morgan fingerprint density at radius 3 is 1.70 bits per heavy atom. The highest BCUT2D eigenvalue weighted by atomic mass is 35.5. The Balaban J connectivity index is 3.35. The fourth-order valence-electron chi connectivity index (χ4n) is 2.07. The number of halogens is 12. The molecule has 1 atom stereocenters. The first kappa shape index (κ1) is 23.7. The minimum atomic E-state index is -7.51. The smallest absolute Gasteiger partial charge is 0.385 e. The Hall–Kier alpha value is -1.30. The molecule has 156 valence electrons. The van der Waals surface area contributed by atoms with E-state index in [1.807, 2.05) is 0 Å². The molecule has 0 bridgehead atoms. The van der Waals surface area contributed by atoms with Crippen LogP contribution in [0.15, 0.2) is 24.3 Å². The van der Waals surface area contributed by atoms with E-state index in [1.165, 1.54) is 6.07 Å². The molecule has 1 aromatic rings. The minimum Gasteiger partial charge on any atom is -0.385 e. The number of alkyl halides is 11. The van der Waals surface area contributed by atoms with E-state index < -0.39 is 47.5 Å². The van der Waals surface area contributed by atoms with Crippen LogP contribution in [-0.4, -0.2) is 35.0 Å². The van der Waals surface area contributed by atoms with Gasteiger partial charge in [-0.15, -0.1) is 0 Å². The van der Waals surface area contributed by atoms with Gasteiger partial charge in [-0.25, -0.2) is 0 Å². The molecule has 0 spiro atoms. The standard InChI is InChI=1S/C14H10ClF11O/c1-9(27,7-3-2-4-8(15)5-7)6-10(16,17)11(18,19)12(20,21)13(22,23)14(24,25)26/h2-5,27H,6H2,1H3. The van der Waals surface area contributed by atoms with Gasteiger partial charge in [-0.3, -0.25) is 0 Å². The molecule has 0 aliphatic carbocycles. The topological polar surface area (TPSA) is 20.2 Å². The molecule has 0 aromatic heterocycles. The summed E-state index contributed by atoms with van der Waals surface area (Å²) in [5, 5.41) is 9.73. The lowest BCUT2D eigenvalue weighted by Gasteiger charge is -2.39. The second kappa shape index (κ2) is 6.64. The Bertz CT molecular complexity index is 682. The molecule has 0 saturated carbocycles. The van der Waals surface area contributed by atoms with Crippen molar-refractivity contribution in [1.82, 2.24) is 0 Å². The van der Waals surface area contributed by atoms with Crippen LogP contribution in [0.25, 0.3) is 0 Å². The largest absolute Gasteiger partial charge is 0.460 e. The lowest BCUT2D eigenvalue weighted by atomic mass is 9.85. The molecule has 0 fully saturated rings. The van der Waals surface area contributed by atoms with Crippen LogP contribution < -0.4 is 0 Å². The average molecular weight is 439 g/mol. The van der Waals surface area contributed by atoms with E-state index in [0.717, 1.165) is 18.2 Å². The Morgan fingerprint density at radius 2 is 1.30 bits per heavy atom. The maximum absolute atomic E-state index is 13.8. The van der Waals surface area contributed by atoms with Gasteiger partial charge in [-0.05, 0) is 24.6 Å². The molecule has 0 aliphatic rings. The molecule has 1 unspecified atom stereocenters. The van der Waals surface area contributed by atoms with Crippen LogP contribution >= 0.6 is 11.6 Å². The fourth-order valence-corrected chi connectivity index (χ4v) is 2.26. The zero-order valence-electron chi connectivity index (χ0n) is 13.0. The molecule has 1 N–H and O–H groups in total. The van der Waals surface area contributed by atoms with E-state index in [0.29, 0.717) is 6.92 Å². The van der Waals surface area contributed by atoms with Crippen molar-refractivity contribution in [2.24, 2.45) is 0 Å². The van der Waals surface area contributed by atoms with Crippen LogP contribution in [0, 0.1) is 0 Å². The third-order valence-electron chi connectivity index (χ3n) is 3.62. The summed E-state index contributed by atoms with van der Waals surface area (Å²) < 4.78 is 143. The molecular formula is C14H10ClF11O. The van der Waals surface area contributed by atoms with Gasteiger partial charge < -0.3 is 5.11 Å². The van der Waals surface area contributed by atoms with Crippen LogP contribution in [-0.2, 0) is 5.60 Å². The predicted molar refractivity (Wildman–Crippen MR) is 71.5 cm³/mol. The van der Waals surface area contributed by atoms with Crippen LogP contribution in [0.1, 0.15) is 18.9 Å². The SMILES string of the molecule is CC(O)(CC(F)(F)C(F)(F)C(F)(F)C(F)(F)C(F)(F)F)c1cccc(Cl)c1. The summed E-state index contributed by atoms with van der Waals surface area (Å²) in [5.74, 6) is -28.3. The maximum atomic E-state index is 13.8. The summed E-state index contributed by atoms with van der Waals surface area (Å²) in [6, 6.07) is 3.90. The highest BCUT2D eigenvalue weighted by molar-refractivity contribution is 6.30. The van der Waals surface area contributed by atoms with Gasteiger partial charge in [0.1, 0.15) is 0 Å². The zero-order chi connectivity index (χ0) is 21.7. The normalized spacial score (nSPS) is 17.0. The first-order valence-electron chi connectivity index (χ1n) is 6.77. The van der Waals surface area contributed by atoms with Gasteiger partial charge >= 0.3 is 29.9 Å². The van der Waals surface area contributed by atoms with E-state index in [-0.39, 0.29) is 5.02 Å². The van der Waals surface area contributed by atoms with E-state index in [9.17, 15) is 53.4 Å². The minimum absolute atomic E-state index is 0.184. The Kier molecular flexibility index (Phi) is 5.84. The van der Waals surface area contributed by atoms with Gasteiger partial charge in [0.2, 0.25) is 0 Å². The molecule has 0 amide bonds. The van der Waals surface area contributed by atoms with Gasteiger partial charge in [0.25, 0.3) is 0 Å². The molecule has 1 aromatic carbocycles. The fraction of sp³-hybridized carbons (Fsp3) is 0.571. The molecule has 13 heteroatoms. The summed E-state index contributed by atoms with van der Waals surface area (Å²) >= 11 is 5.50. The van der Waals surface area contributed by atoms with E-state index in [4.69, 9.17) is 11.6 Å². The molecular weight excluding hydrogens is 429 g/mol. The summed E-state index contributed by atoms with van der Waals surface area (Å²) in [6.45, 7) is 0.447. The molecule has 1 rings (SSSR count). The monoisotopic (exact) mass is 438 g/mol. The van der Waals surface area contributed by atoms with Crippen molar-refractivity contribution in [3.63, 3.8) is 0 Å². The molecule has 0 radical (unpaired) electrons. The van der Waals surface area contributed by atoms with E-state index in [2.05, 4.69) is 0 Å². The lowest BCUT2D eigenvalue weighted by Crippen LogP contribution is -2.67. The molecule has 1 nitrogen and oxygen atoms in total. The van der Waals surface area contributed by atoms with Crippen molar-refractivity contribution < 1.29 is 53.4 Å². The number of hydrogen-bond donors (Lipinski definition) is 1. The average Bonchev–Trinajstić information content (AvgIpc) is 2.44. The van der Waals surface area contributed by atoms with Gasteiger partial charge in [-0.1, -0.05) is 23.7 Å². The summed E-state index contributed by atoms with van der Waals surface area (Å²) in [6.07, 6.45) is -9.83. The maximum Gasteiger partial charge on any atom is 0.460 e. The molecule has 0 saturated heterocycles.